The van der Waals surface area contributed by atoms with E-state index < -0.39 is 41.6 Å². The second kappa shape index (κ2) is 21.6. The van der Waals surface area contributed by atoms with Gasteiger partial charge in [0.25, 0.3) is 36.2 Å². The number of rotatable bonds is 16. The lowest BCUT2D eigenvalue weighted by atomic mass is 9.90. The van der Waals surface area contributed by atoms with Crippen molar-refractivity contribution in [3.05, 3.63) is 105 Å². The Hall–Kier alpha value is -5.33. The van der Waals surface area contributed by atoms with Crippen LogP contribution in [0.5, 0.6) is 0 Å². The standard InChI is InChI=1S/C50H48Cl4N10O8S6/c1-11-28-19-26(6)43(77(53,69)70)32(13-3)41(28)59-46-40(60-61-47-34(24-55)45(50(8,9)10)62-64(47)49-57-36-18-16-31(76(52,67)68)23-38(36)74-49)25(5)21-39(58-46)63(48-56-35-17-15-30(75(51,65)66)22-37(35)73-48)42-29(12-2)20-27(7)44(33(42)14-4)78(54,71)72/h15-23H,11-14H2,1-10H3,(H,58,59)/b61-60+. The van der Waals surface area contributed by atoms with Gasteiger partial charge in [0, 0.05) is 53.8 Å². The van der Waals surface area contributed by atoms with Crippen LogP contribution in [0, 0.1) is 32.1 Å². The molecular weight excluding hydrogens is 1200 g/mol. The van der Waals surface area contributed by atoms with Crippen LogP contribution < -0.4 is 10.2 Å². The third-order valence-electron chi connectivity index (χ3n) is 12.6. The molecule has 410 valence electrons. The molecule has 0 bridgehead atoms. The number of aryl methyl sites for hydroxylation is 5. The lowest BCUT2D eigenvalue weighted by molar-refractivity contribution is 0.559. The molecule has 28 heteroatoms. The van der Waals surface area contributed by atoms with E-state index in [4.69, 9.17) is 73.0 Å². The van der Waals surface area contributed by atoms with Gasteiger partial charge < -0.3 is 5.32 Å². The summed E-state index contributed by atoms with van der Waals surface area (Å²) in [6.07, 6.45) is 1.13. The van der Waals surface area contributed by atoms with Crippen molar-refractivity contribution in [1.82, 2.24) is 24.7 Å². The minimum Gasteiger partial charge on any atom is -0.338 e. The molecule has 0 spiro atoms. The number of hydrogen-bond acceptors (Lipinski definition) is 19. The summed E-state index contributed by atoms with van der Waals surface area (Å²) in [7, 11) is 6.94. The maximum Gasteiger partial charge on any atom is 0.261 e. The van der Waals surface area contributed by atoms with Gasteiger partial charge in [0.1, 0.15) is 23.1 Å². The van der Waals surface area contributed by atoms with E-state index in [0.717, 1.165) is 22.7 Å². The minimum atomic E-state index is -4.39. The quantitative estimate of drug-likeness (QED) is 0.0697. The molecule has 8 rings (SSSR count). The fourth-order valence-corrected chi connectivity index (χ4v) is 16.2. The molecule has 0 fully saturated rings. The average Bonchev–Trinajstić information content (AvgIpc) is 4.07. The molecule has 0 aliphatic carbocycles. The van der Waals surface area contributed by atoms with Gasteiger partial charge >= 0.3 is 0 Å². The second-order valence-corrected chi connectivity index (χ2v) is 31.1. The zero-order chi connectivity index (χ0) is 57.4. The number of azo groups is 1. The molecule has 1 N–H and O–H groups in total. The van der Waals surface area contributed by atoms with Crippen LogP contribution in [0.3, 0.4) is 0 Å². The topological polar surface area (TPSA) is 257 Å². The van der Waals surface area contributed by atoms with Crippen LogP contribution in [-0.2, 0) is 67.3 Å². The first-order valence-corrected chi connectivity index (χ1v) is 34.7. The van der Waals surface area contributed by atoms with Crippen molar-refractivity contribution in [2.45, 2.75) is 120 Å². The highest BCUT2D eigenvalue weighted by molar-refractivity contribution is 8.14. The Bertz CT molecular complexity index is 4360. The summed E-state index contributed by atoms with van der Waals surface area (Å²) < 4.78 is 106. The van der Waals surface area contributed by atoms with E-state index in [0.29, 0.717) is 89.3 Å². The molecule has 0 saturated carbocycles. The first-order chi connectivity index (χ1) is 36.3. The highest BCUT2D eigenvalue weighted by Crippen LogP contribution is 2.49. The van der Waals surface area contributed by atoms with Gasteiger partial charge in [-0.25, -0.2) is 48.6 Å². The normalized spacial score (nSPS) is 12.8. The number of nitriles is 1. The molecule has 0 aliphatic heterocycles. The Labute approximate surface area is 477 Å². The van der Waals surface area contributed by atoms with E-state index in [1.165, 1.54) is 41.1 Å². The predicted octanol–water partition coefficient (Wildman–Crippen LogP) is 14.2. The van der Waals surface area contributed by atoms with Crippen molar-refractivity contribution in [2.75, 3.05) is 10.2 Å². The summed E-state index contributed by atoms with van der Waals surface area (Å²) in [5, 5.41) is 29.1. The van der Waals surface area contributed by atoms with Gasteiger partial charge in [-0.3, -0.25) is 4.90 Å². The van der Waals surface area contributed by atoms with Crippen molar-refractivity contribution in [3.63, 3.8) is 0 Å². The Morgan fingerprint density at radius 2 is 1.21 bits per heavy atom. The van der Waals surface area contributed by atoms with Gasteiger partial charge in [-0.15, -0.1) is 10.2 Å². The Kier molecular flexibility index (Phi) is 16.3. The molecule has 0 amide bonds. The summed E-state index contributed by atoms with van der Waals surface area (Å²) in [6.45, 7) is 18.0. The van der Waals surface area contributed by atoms with Crippen molar-refractivity contribution < 1.29 is 33.7 Å². The molecule has 4 heterocycles. The van der Waals surface area contributed by atoms with E-state index in [1.54, 1.807) is 57.7 Å². The number of hydrogen-bond donors (Lipinski definition) is 1. The van der Waals surface area contributed by atoms with Crippen LogP contribution in [0.15, 0.2) is 84.4 Å². The van der Waals surface area contributed by atoms with E-state index in [-0.39, 0.29) is 71.4 Å². The van der Waals surface area contributed by atoms with E-state index in [9.17, 15) is 38.9 Å². The van der Waals surface area contributed by atoms with Crippen LogP contribution in [0.2, 0.25) is 0 Å². The number of halogens is 4. The lowest BCUT2D eigenvalue weighted by Crippen LogP contribution is -2.19. The molecule has 0 atom stereocenters. The zero-order valence-electron chi connectivity index (χ0n) is 43.3. The molecular formula is C50H48Cl4N10O8S6. The molecule has 8 aromatic rings. The van der Waals surface area contributed by atoms with Crippen LogP contribution in [0.25, 0.3) is 25.6 Å². The van der Waals surface area contributed by atoms with Crippen LogP contribution in [0.4, 0.5) is 39.6 Å². The highest BCUT2D eigenvalue weighted by Gasteiger charge is 2.33. The van der Waals surface area contributed by atoms with Gasteiger partial charge in [-0.2, -0.15) is 15.0 Å². The predicted molar refractivity (Wildman–Crippen MR) is 310 cm³/mol. The van der Waals surface area contributed by atoms with E-state index in [1.807, 2.05) is 34.6 Å². The first kappa shape index (κ1) is 58.8. The second-order valence-electron chi connectivity index (χ2n) is 18.9. The van der Waals surface area contributed by atoms with Crippen LogP contribution in [-0.4, -0.2) is 58.4 Å². The lowest BCUT2D eigenvalue weighted by Gasteiger charge is -2.29. The summed E-state index contributed by atoms with van der Waals surface area (Å²) in [5.41, 5.74) is 4.54. The van der Waals surface area contributed by atoms with Gasteiger partial charge in [0.05, 0.1) is 51.4 Å². The third-order valence-corrected chi connectivity index (χ3v) is 20.4. The smallest absolute Gasteiger partial charge is 0.261 e. The molecule has 0 aliphatic rings. The fraction of sp³-hybridized carbons (Fsp3) is 0.300. The molecule has 0 saturated heterocycles. The van der Waals surface area contributed by atoms with Crippen molar-refractivity contribution in [1.29, 1.82) is 5.26 Å². The molecule has 18 nitrogen and oxygen atoms in total. The van der Waals surface area contributed by atoms with Crippen LogP contribution in [0.1, 0.15) is 98.7 Å². The first-order valence-electron chi connectivity index (χ1n) is 23.8. The number of fused-ring (bicyclic) bond motifs is 2. The van der Waals surface area contributed by atoms with E-state index in [2.05, 4.69) is 11.4 Å². The Morgan fingerprint density at radius 3 is 1.72 bits per heavy atom. The summed E-state index contributed by atoms with van der Waals surface area (Å²) >= 11 is 2.15. The monoisotopic (exact) mass is 1250 g/mol. The van der Waals surface area contributed by atoms with E-state index >= 15 is 0 Å². The largest absolute Gasteiger partial charge is 0.338 e. The number of pyridine rings is 1. The average molecular weight is 1250 g/mol. The number of anilines is 5. The number of nitrogens with one attached hydrogen (secondary N) is 1. The van der Waals surface area contributed by atoms with Gasteiger partial charge in [0.15, 0.2) is 16.8 Å². The number of thiazole rings is 2. The summed E-state index contributed by atoms with van der Waals surface area (Å²) in [4.78, 5) is 16.1. The fourth-order valence-electron chi connectivity index (χ4n) is 9.24. The zero-order valence-corrected chi connectivity index (χ0v) is 51.2. The van der Waals surface area contributed by atoms with Gasteiger partial charge in [-0.05, 0) is 128 Å². The van der Waals surface area contributed by atoms with Crippen LogP contribution >= 0.6 is 65.4 Å². The minimum absolute atomic E-state index is 0.00497. The van der Waals surface area contributed by atoms with Crippen molar-refractivity contribution in [3.8, 4) is 11.2 Å². The third kappa shape index (κ3) is 11.4. The molecule has 0 radical (unpaired) electrons. The highest BCUT2D eigenvalue weighted by atomic mass is 35.7. The van der Waals surface area contributed by atoms with Gasteiger partial charge in [-0.1, -0.05) is 83.3 Å². The maximum absolute atomic E-state index is 13.6. The summed E-state index contributed by atoms with van der Waals surface area (Å²) in [5.74, 6) is 0.105. The van der Waals surface area contributed by atoms with Crippen molar-refractivity contribution in [2.24, 2.45) is 10.2 Å². The summed E-state index contributed by atoms with van der Waals surface area (Å²) in [6, 6.07) is 15.8. The van der Waals surface area contributed by atoms with Crippen molar-refractivity contribution >= 4 is 162 Å². The molecule has 4 aromatic heterocycles. The molecule has 0 unspecified atom stereocenters. The number of aromatic nitrogens is 5. The maximum atomic E-state index is 13.6. The van der Waals surface area contributed by atoms with Gasteiger partial charge in [0.2, 0.25) is 5.13 Å². The molecule has 78 heavy (non-hydrogen) atoms. The number of nitrogens with zero attached hydrogens (tertiary/aromatic N) is 9. The Balaban J connectivity index is 1.48. The Morgan fingerprint density at radius 1 is 0.667 bits per heavy atom. The number of benzene rings is 4. The SMILES string of the molecule is CCc1cc(C)c(S(=O)(=O)Cl)c(CC)c1Nc1nc(N(c2nc3ccc(S(=O)(=O)Cl)cc3s2)c2c(CC)cc(C)c(S(=O)(=O)Cl)c2CC)cc(C)c1/N=N/c1c(C#N)c(C(C)(C)C)nn1-c1nc2ccc(S(=O)(=O)Cl)cc2s1. The molecule has 4 aromatic carbocycles.